The fraction of sp³-hybridized carbons (Fsp3) is 0.471. The number of aryl methyl sites for hydroxylation is 1. The lowest BCUT2D eigenvalue weighted by atomic mass is 10.2. The van der Waals surface area contributed by atoms with Gasteiger partial charge in [-0.15, -0.1) is 0 Å². The predicted octanol–water partition coefficient (Wildman–Crippen LogP) is 2.34. The number of aliphatic imine (C=N–C) groups is 1. The lowest BCUT2D eigenvalue weighted by Gasteiger charge is -2.26. The lowest BCUT2D eigenvalue weighted by molar-refractivity contribution is 0.265. The van der Waals surface area contributed by atoms with Gasteiger partial charge in [0, 0.05) is 11.9 Å². The molecule has 0 unspecified atom stereocenters. The lowest BCUT2D eigenvalue weighted by Crippen LogP contribution is -2.46. The highest BCUT2D eigenvalue weighted by molar-refractivity contribution is 5.94. The molecule has 0 saturated heterocycles. The molecule has 0 amide bonds. The quantitative estimate of drug-likeness (QED) is 0.877. The van der Waals surface area contributed by atoms with E-state index in [1.807, 2.05) is 32.0 Å². The number of anilines is 1. The van der Waals surface area contributed by atoms with Gasteiger partial charge in [0.25, 0.3) is 0 Å². The molecule has 24 heavy (non-hydrogen) atoms. The Morgan fingerprint density at radius 1 is 1.29 bits per heavy atom. The maximum absolute atomic E-state index is 5.69. The molecule has 7 heteroatoms. The molecule has 0 radical (unpaired) electrons. The Hall–Kier alpha value is -2.41. The summed E-state index contributed by atoms with van der Waals surface area (Å²) in [6, 6.07) is 5.91. The van der Waals surface area contributed by atoms with Crippen LogP contribution in [0.15, 0.2) is 23.2 Å². The molecule has 0 aliphatic carbocycles. The third-order valence-corrected chi connectivity index (χ3v) is 3.85. The molecule has 0 saturated carbocycles. The number of hydrogen-bond donors (Lipinski definition) is 2. The van der Waals surface area contributed by atoms with Crippen LogP contribution in [-0.4, -0.2) is 47.3 Å². The normalized spacial score (nSPS) is 15.0. The van der Waals surface area contributed by atoms with E-state index in [1.165, 1.54) is 0 Å². The number of nitrogens with zero attached hydrogens (tertiary/aromatic N) is 4. The molecule has 0 spiro atoms. The summed E-state index contributed by atoms with van der Waals surface area (Å²) in [5.41, 5.74) is 1.73. The third-order valence-electron chi connectivity index (χ3n) is 3.85. The summed E-state index contributed by atoms with van der Waals surface area (Å²) in [5.74, 6) is 2.01. The summed E-state index contributed by atoms with van der Waals surface area (Å²) in [5, 5.41) is 7.44. The number of fused-ring (bicyclic) bond motifs is 1. The second-order valence-electron chi connectivity index (χ2n) is 5.72. The summed E-state index contributed by atoms with van der Waals surface area (Å²) in [6.07, 6.45) is 1.12. The molecule has 2 aromatic rings. The molecular weight excluding hydrogens is 304 g/mol. The van der Waals surface area contributed by atoms with Crippen LogP contribution in [0.1, 0.15) is 26.0 Å². The highest BCUT2D eigenvalue weighted by Gasteiger charge is 2.14. The van der Waals surface area contributed by atoms with Crippen LogP contribution >= 0.6 is 0 Å². The van der Waals surface area contributed by atoms with Gasteiger partial charge in [0.1, 0.15) is 11.3 Å². The monoisotopic (exact) mass is 328 g/mol. The van der Waals surface area contributed by atoms with Gasteiger partial charge in [0.2, 0.25) is 11.9 Å². The summed E-state index contributed by atoms with van der Waals surface area (Å²) in [7, 11) is 0. The Labute approximate surface area is 142 Å². The first-order valence-corrected chi connectivity index (χ1v) is 8.39. The zero-order valence-corrected chi connectivity index (χ0v) is 14.5. The van der Waals surface area contributed by atoms with Crippen LogP contribution in [-0.2, 0) is 0 Å². The van der Waals surface area contributed by atoms with Gasteiger partial charge in [0.15, 0.2) is 0 Å². The van der Waals surface area contributed by atoms with Crippen LogP contribution in [0.25, 0.3) is 10.9 Å². The molecule has 0 bridgehead atoms. The van der Waals surface area contributed by atoms with Gasteiger partial charge < -0.3 is 10.1 Å². The summed E-state index contributed by atoms with van der Waals surface area (Å²) < 4.78 is 5.69. The van der Waals surface area contributed by atoms with Crippen molar-refractivity contribution in [3.8, 4) is 5.75 Å². The molecule has 1 aliphatic rings. The van der Waals surface area contributed by atoms with Gasteiger partial charge in [-0.3, -0.25) is 10.2 Å². The average molecular weight is 328 g/mol. The van der Waals surface area contributed by atoms with Crippen molar-refractivity contribution in [2.45, 2.75) is 27.2 Å². The maximum atomic E-state index is 5.69. The summed E-state index contributed by atoms with van der Waals surface area (Å²) >= 11 is 0. The van der Waals surface area contributed by atoms with Gasteiger partial charge in [-0.25, -0.2) is 15.0 Å². The molecule has 2 N–H and O–H groups in total. The first kappa shape index (κ1) is 16.4. The van der Waals surface area contributed by atoms with Crippen LogP contribution < -0.4 is 15.4 Å². The first-order valence-electron chi connectivity index (χ1n) is 8.39. The highest BCUT2D eigenvalue weighted by Crippen LogP contribution is 2.26. The zero-order chi connectivity index (χ0) is 16.9. The number of aromatic nitrogens is 2. The first-order chi connectivity index (χ1) is 11.7. The topological polar surface area (TPSA) is 74.7 Å². The minimum absolute atomic E-state index is 0.530. The Kier molecular flexibility index (Phi) is 5.10. The van der Waals surface area contributed by atoms with Crippen molar-refractivity contribution in [3.63, 3.8) is 0 Å². The second-order valence-corrected chi connectivity index (χ2v) is 5.72. The van der Waals surface area contributed by atoms with Crippen molar-refractivity contribution in [2.24, 2.45) is 4.99 Å². The van der Waals surface area contributed by atoms with Crippen LogP contribution in [0.2, 0.25) is 0 Å². The molecule has 7 nitrogen and oxygen atoms in total. The van der Waals surface area contributed by atoms with E-state index in [-0.39, 0.29) is 0 Å². The van der Waals surface area contributed by atoms with Gasteiger partial charge in [-0.05, 0) is 26.3 Å². The smallest absolute Gasteiger partial charge is 0.230 e. The molecule has 1 aromatic heterocycles. The van der Waals surface area contributed by atoms with Crippen molar-refractivity contribution < 1.29 is 4.74 Å². The molecule has 1 aromatic carbocycles. The van der Waals surface area contributed by atoms with E-state index in [0.29, 0.717) is 25.2 Å². The standard InChI is InChI=1S/C17H24N6O/c1-4-9-23-10-18-16(19-11-23)22-17-20-12(3)13-7-6-8-14(24-5-2)15(13)21-17/h6-8H,4-5,9-11H2,1-3H3,(H2,18,19,20,21,22). The fourth-order valence-electron chi connectivity index (χ4n) is 2.73. The van der Waals surface area contributed by atoms with E-state index in [1.54, 1.807) is 0 Å². The zero-order valence-electron chi connectivity index (χ0n) is 14.5. The molecule has 1 aliphatic heterocycles. The third kappa shape index (κ3) is 3.56. The largest absolute Gasteiger partial charge is 0.492 e. The van der Waals surface area contributed by atoms with Crippen LogP contribution in [0.4, 0.5) is 5.95 Å². The number of benzene rings is 1. The number of para-hydroxylation sites is 1. The van der Waals surface area contributed by atoms with E-state index >= 15 is 0 Å². The summed E-state index contributed by atoms with van der Waals surface area (Å²) in [4.78, 5) is 15.9. The van der Waals surface area contributed by atoms with E-state index in [2.05, 4.69) is 37.4 Å². The molecule has 3 rings (SSSR count). The molecule has 2 heterocycles. The molecule has 0 fully saturated rings. The number of ether oxygens (including phenoxy) is 1. The van der Waals surface area contributed by atoms with Gasteiger partial charge in [-0.2, -0.15) is 0 Å². The summed E-state index contributed by atoms with van der Waals surface area (Å²) in [6.45, 7) is 9.20. The fourth-order valence-corrected chi connectivity index (χ4v) is 2.73. The predicted molar refractivity (Wildman–Crippen MR) is 96.4 cm³/mol. The van der Waals surface area contributed by atoms with Crippen LogP contribution in [0, 0.1) is 6.92 Å². The van der Waals surface area contributed by atoms with Crippen molar-refractivity contribution >= 4 is 22.8 Å². The number of nitrogens with one attached hydrogen (secondary N) is 2. The SMILES string of the molecule is CCCN1CN=C(Nc2nc(C)c3cccc(OCC)c3n2)NC1. The Morgan fingerprint density at radius 3 is 2.88 bits per heavy atom. The Morgan fingerprint density at radius 2 is 2.17 bits per heavy atom. The van der Waals surface area contributed by atoms with Crippen LogP contribution in [0.3, 0.4) is 0 Å². The van der Waals surface area contributed by atoms with E-state index in [9.17, 15) is 0 Å². The molecule has 0 atom stereocenters. The second kappa shape index (κ2) is 7.44. The Bertz CT molecular complexity index is 745. The van der Waals surface area contributed by atoms with Crippen molar-refractivity contribution in [1.82, 2.24) is 20.2 Å². The van der Waals surface area contributed by atoms with E-state index < -0.39 is 0 Å². The van der Waals surface area contributed by atoms with Crippen LogP contribution in [0.5, 0.6) is 5.75 Å². The van der Waals surface area contributed by atoms with Gasteiger partial charge >= 0.3 is 0 Å². The van der Waals surface area contributed by atoms with E-state index in [0.717, 1.165) is 42.0 Å². The average Bonchev–Trinajstić information content (AvgIpc) is 2.58. The number of guanidine groups is 1. The highest BCUT2D eigenvalue weighted by atomic mass is 16.5. The van der Waals surface area contributed by atoms with Gasteiger partial charge in [-0.1, -0.05) is 19.1 Å². The maximum Gasteiger partial charge on any atom is 0.230 e. The molecular formula is C17H24N6O. The minimum Gasteiger partial charge on any atom is -0.492 e. The van der Waals surface area contributed by atoms with E-state index in [4.69, 9.17) is 4.74 Å². The van der Waals surface area contributed by atoms with Crippen molar-refractivity contribution in [3.05, 3.63) is 23.9 Å². The number of rotatable bonds is 5. The van der Waals surface area contributed by atoms with Crippen molar-refractivity contribution in [1.29, 1.82) is 0 Å². The minimum atomic E-state index is 0.530. The Balaban J connectivity index is 1.84. The molecule has 128 valence electrons. The number of hydrogen-bond acceptors (Lipinski definition) is 7. The van der Waals surface area contributed by atoms with Gasteiger partial charge in [0.05, 0.1) is 25.6 Å². The van der Waals surface area contributed by atoms with Crippen molar-refractivity contribution in [2.75, 3.05) is 31.8 Å².